The first-order valence-corrected chi connectivity index (χ1v) is 7.26. The maximum absolute atomic E-state index is 11.5. The van der Waals surface area contributed by atoms with Crippen LogP contribution in [0.4, 0.5) is 0 Å². The molecule has 1 aromatic rings. The van der Waals surface area contributed by atoms with Gasteiger partial charge in [-0.05, 0) is 25.0 Å². The van der Waals surface area contributed by atoms with Gasteiger partial charge < -0.3 is 0 Å². The molecule has 1 heterocycles. The number of alkyl halides is 1. The van der Waals surface area contributed by atoms with E-state index in [0.717, 1.165) is 0 Å². The van der Waals surface area contributed by atoms with E-state index in [2.05, 4.69) is 9.71 Å². The lowest BCUT2D eigenvalue weighted by Gasteiger charge is -2.05. The number of hydrogen-bond acceptors (Lipinski definition) is 3. The Hall–Kier alpha value is -0.650. The van der Waals surface area contributed by atoms with Gasteiger partial charge in [-0.3, -0.25) is 4.98 Å². The first kappa shape index (κ1) is 13.4. The summed E-state index contributed by atoms with van der Waals surface area (Å²) < 4.78 is 25.5. The Morgan fingerprint density at radius 3 is 2.75 bits per heavy atom. The predicted octanol–water partition coefficient (Wildman–Crippen LogP) is 1.52. The molecule has 0 aromatic carbocycles. The third kappa shape index (κ3) is 5.44. The maximum Gasteiger partial charge on any atom is 0.211 e. The molecule has 0 bridgehead atoms. The van der Waals surface area contributed by atoms with E-state index in [0.29, 0.717) is 24.4 Å². The quantitative estimate of drug-likeness (QED) is 0.599. The summed E-state index contributed by atoms with van der Waals surface area (Å²) in [5, 5.41) is 0. The number of halogens is 1. The zero-order chi connectivity index (χ0) is 11.9. The zero-order valence-corrected chi connectivity index (χ0v) is 10.5. The topological polar surface area (TPSA) is 59.1 Å². The highest BCUT2D eigenvalue weighted by Crippen LogP contribution is 1.98. The molecular weight excluding hydrogens is 248 g/mol. The Balaban J connectivity index is 2.36. The van der Waals surface area contributed by atoms with Crippen LogP contribution in [0.5, 0.6) is 0 Å². The third-order valence-corrected chi connectivity index (χ3v) is 3.67. The minimum absolute atomic E-state index is 0.118. The molecule has 0 aliphatic heterocycles. The second-order valence-corrected chi connectivity index (χ2v) is 5.66. The number of nitrogens with one attached hydrogen (secondary N) is 1. The molecule has 0 fully saturated rings. The standard InChI is InChI=1S/C10H15ClN2O2S/c11-6-2-4-8-16(14,15)13-9-10-5-1-3-7-12-10/h1,3,5,7,13H,2,4,6,8-9H2. The summed E-state index contributed by atoms with van der Waals surface area (Å²) in [6.07, 6.45) is 2.93. The van der Waals surface area contributed by atoms with Crippen LogP contribution in [-0.2, 0) is 16.6 Å². The van der Waals surface area contributed by atoms with Crippen molar-refractivity contribution in [3.8, 4) is 0 Å². The van der Waals surface area contributed by atoms with Gasteiger partial charge in [-0.15, -0.1) is 11.6 Å². The van der Waals surface area contributed by atoms with E-state index < -0.39 is 10.0 Å². The van der Waals surface area contributed by atoms with Crippen LogP contribution in [0.15, 0.2) is 24.4 Å². The van der Waals surface area contributed by atoms with Gasteiger partial charge >= 0.3 is 0 Å². The van der Waals surface area contributed by atoms with Crippen molar-refractivity contribution < 1.29 is 8.42 Å². The van der Waals surface area contributed by atoms with Gasteiger partial charge in [0.2, 0.25) is 10.0 Å². The minimum atomic E-state index is -3.20. The largest absolute Gasteiger partial charge is 0.260 e. The van der Waals surface area contributed by atoms with Gasteiger partial charge in [0, 0.05) is 12.1 Å². The molecule has 1 N–H and O–H groups in total. The number of rotatable bonds is 7. The Morgan fingerprint density at radius 1 is 1.31 bits per heavy atom. The first-order valence-electron chi connectivity index (χ1n) is 5.07. The van der Waals surface area contributed by atoms with Gasteiger partial charge in [-0.1, -0.05) is 6.07 Å². The SMILES string of the molecule is O=S(=O)(CCCCCl)NCc1ccccn1. The van der Waals surface area contributed by atoms with Crippen LogP contribution in [0, 0.1) is 0 Å². The van der Waals surface area contributed by atoms with E-state index in [1.807, 2.05) is 6.07 Å². The number of sulfonamides is 1. The molecule has 0 unspecified atom stereocenters. The average molecular weight is 263 g/mol. The summed E-state index contributed by atoms with van der Waals surface area (Å²) in [6, 6.07) is 5.39. The van der Waals surface area contributed by atoms with E-state index in [1.165, 1.54) is 0 Å². The van der Waals surface area contributed by atoms with Crippen LogP contribution in [0.2, 0.25) is 0 Å². The number of hydrogen-bond donors (Lipinski definition) is 1. The smallest absolute Gasteiger partial charge is 0.211 e. The Kier molecular flexibility index (Phi) is 5.73. The fourth-order valence-corrected chi connectivity index (χ4v) is 2.43. The van der Waals surface area contributed by atoms with Gasteiger partial charge in [0.1, 0.15) is 0 Å². The lowest BCUT2D eigenvalue weighted by atomic mass is 10.4. The molecule has 0 spiro atoms. The first-order chi connectivity index (χ1) is 7.64. The molecule has 0 amide bonds. The second kappa shape index (κ2) is 6.83. The molecule has 1 aromatic heterocycles. The lowest BCUT2D eigenvalue weighted by molar-refractivity contribution is 0.577. The molecule has 0 radical (unpaired) electrons. The third-order valence-electron chi connectivity index (χ3n) is 2.00. The normalized spacial score (nSPS) is 11.6. The van der Waals surface area contributed by atoms with Crippen LogP contribution >= 0.6 is 11.6 Å². The highest BCUT2D eigenvalue weighted by molar-refractivity contribution is 7.89. The molecular formula is C10H15ClN2O2S. The van der Waals surface area contributed by atoms with Gasteiger partial charge in [0.25, 0.3) is 0 Å². The van der Waals surface area contributed by atoms with Crippen LogP contribution in [0.25, 0.3) is 0 Å². The van der Waals surface area contributed by atoms with Crippen molar-refractivity contribution in [2.75, 3.05) is 11.6 Å². The monoisotopic (exact) mass is 262 g/mol. The summed E-state index contributed by atoms with van der Waals surface area (Å²) in [7, 11) is -3.20. The molecule has 6 heteroatoms. The Bertz CT molecular complexity index is 395. The van der Waals surface area contributed by atoms with Gasteiger partial charge in [-0.2, -0.15) is 0 Å². The van der Waals surface area contributed by atoms with Crippen molar-refractivity contribution in [2.45, 2.75) is 19.4 Å². The van der Waals surface area contributed by atoms with Crippen LogP contribution < -0.4 is 4.72 Å². The number of nitrogens with zero attached hydrogens (tertiary/aromatic N) is 1. The molecule has 0 saturated heterocycles. The predicted molar refractivity (Wildman–Crippen MR) is 64.8 cm³/mol. The molecule has 4 nitrogen and oxygen atoms in total. The second-order valence-electron chi connectivity index (χ2n) is 3.36. The van der Waals surface area contributed by atoms with Crippen molar-refractivity contribution in [3.05, 3.63) is 30.1 Å². The molecule has 0 atom stereocenters. The Morgan fingerprint density at radius 2 is 2.12 bits per heavy atom. The highest BCUT2D eigenvalue weighted by atomic mass is 35.5. The summed E-state index contributed by atoms with van der Waals surface area (Å²) in [4.78, 5) is 4.03. The van der Waals surface area contributed by atoms with Crippen molar-refractivity contribution in [3.63, 3.8) is 0 Å². The fraction of sp³-hybridized carbons (Fsp3) is 0.500. The van der Waals surface area contributed by atoms with Crippen molar-refractivity contribution in [2.24, 2.45) is 0 Å². The van der Waals surface area contributed by atoms with Crippen molar-refractivity contribution >= 4 is 21.6 Å². The Labute approximate surface area is 101 Å². The van der Waals surface area contributed by atoms with E-state index in [9.17, 15) is 8.42 Å². The number of pyridine rings is 1. The zero-order valence-electron chi connectivity index (χ0n) is 8.89. The van der Waals surface area contributed by atoms with Crippen molar-refractivity contribution in [1.82, 2.24) is 9.71 Å². The summed E-state index contributed by atoms with van der Waals surface area (Å²) in [5.74, 6) is 0.613. The van der Waals surface area contributed by atoms with Gasteiger partial charge in [0.15, 0.2) is 0 Å². The fourth-order valence-electron chi connectivity index (χ4n) is 1.15. The molecule has 16 heavy (non-hydrogen) atoms. The van der Waals surface area contributed by atoms with E-state index in [-0.39, 0.29) is 12.3 Å². The lowest BCUT2D eigenvalue weighted by Crippen LogP contribution is -2.26. The van der Waals surface area contributed by atoms with Crippen LogP contribution in [0.1, 0.15) is 18.5 Å². The minimum Gasteiger partial charge on any atom is -0.260 e. The summed E-state index contributed by atoms with van der Waals surface area (Å²) >= 11 is 5.48. The van der Waals surface area contributed by atoms with Gasteiger partial charge in [0.05, 0.1) is 18.0 Å². The summed E-state index contributed by atoms with van der Waals surface area (Å²) in [5.41, 5.74) is 0.711. The molecule has 90 valence electrons. The van der Waals surface area contributed by atoms with Crippen LogP contribution in [-0.4, -0.2) is 25.0 Å². The molecule has 0 aliphatic carbocycles. The van der Waals surface area contributed by atoms with Crippen LogP contribution in [0.3, 0.4) is 0 Å². The summed E-state index contributed by atoms with van der Waals surface area (Å²) in [6.45, 7) is 0.240. The van der Waals surface area contributed by atoms with Gasteiger partial charge in [-0.25, -0.2) is 13.1 Å². The highest BCUT2D eigenvalue weighted by Gasteiger charge is 2.09. The number of unbranched alkanes of at least 4 members (excludes halogenated alkanes) is 1. The molecule has 0 aliphatic rings. The molecule has 1 rings (SSSR count). The average Bonchev–Trinajstić information content (AvgIpc) is 2.28. The molecule has 0 saturated carbocycles. The number of aromatic nitrogens is 1. The van der Waals surface area contributed by atoms with E-state index in [4.69, 9.17) is 11.6 Å². The van der Waals surface area contributed by atoms with Crippen molar-refractivity contribution in [1.29, 1.82) is 0 Å². The van der Waals surface area contributed by atoms with E-state index in [1.54, 1.807) is 18.3 Å². The van der Waals surface area contributed by atoms with E-state index >= 15 is 0 Å². The maximum atomic E-state index is 11.5.